The second kappa shape index (κ2) is 10.4. The molecule has 2 aromatic rings. The van der Waals surface area contributed by atoms with Crippen molar-refractivity contribution in [1.82, 2.24) is 4.90 Å². The van der Waals surface area contributed by atoms with E-state index in [0.29, 0.717) is 36.9 Å². The first kappa shape index (κ1) is 26.1. The van der Waals surface area contributed by atoms with Crippen molar-refractivity contribution in [2.45, 2.75) is 63.5 Å². The number of likely N-dealkylation sites (tertiary alicyclic amines) is 1. The Morgan fingerprint density at radius 2 is 1.50 bits per heavy atom. The number of hydrogen-bond acceptors (Lipinski definition) is 2. The fraction of sp³-hybridized carbons (Fsp3) is 0.480. The Bertz CT molecular complexity index is 953. The molecule has 1 aliphatic heterocycles. The van der Waals surface area contributed by atoms with Gasteiger partial charge in [0.25, 0.3) is 0 Å². The van der Waals surface area contributed by atoms with E-state index in [0.717, 1.165) is 30.7 Å². The first-order valence-corrected chi connectivity index (χ1v) is 11.2. The molecule has 1 N–H and O–H groups in total. The first-order valence-electron chi connectivity index (χ1n) is 11.2. The average Bonchev–Trinajstić information content (AvgIpc) is 2.76. The summed E-state index contributed by atoms with van der Waals surface area (Å²) in [6.07, 6.45) is -6.53. The standard InChI is InChI=1S/C25H27F6NO2/c1-2-3-21(17-4-8-19(9-5-17)24(26,27)28)32-13-12-16(15-23(33)34)14-22(32)18-6-10-20(11-7-18)25(29,30)31/h4-11,16,21-22H,2-3,12-15H2,1H3,(H,33,34)/t16-,21-,22+/m0/s1. The van der Waals surface area contributed by atoms with Crippen molar-refractivity contribution in [3.8, 4) is 0 Å². The summed E-state index contributed by atoms with van der Waals surface area (Å²) >= 11 is 0. The molecule has 3 rings (SSSR count). The van der Waals surface area contributed by atoms with E-state index in [1.807, 2.05) is 6.92 Å². The number of aliphatic carboxylic acids is 1. The van der Waals surface area contributed by atoms with E-state index < -0.39 is 29.4 Å². The zero-order valence-corrected chi connectivity index (χ0v) is 18.7. The molecule has 0 amide bonds. The fourth-order valence-corrected chi connectivity index (χ4v) is 4.78. The second-order valence-corrected chi connectivity index (χ2v) is 8.79. The van der Waals surface area contributed by atoms with E-state index in [1.54, 1.807) is 0 Å². The van der Waals surface area contributed by atoms with Crippen molar-refractivity contribution < 1.29 is 36.2 Å². The minimum atomic E-state index is -4.47. The van der Waals surface area contributed by atoms with Gasteiger partial charge in [-0.1, -0.05) is 37.6 Å². The summed E-state index contributed by atoms with van der Waals surface area (Å²) in [4.78, 5) is 13.4. The highest BCUT2D eigenvalue weighted by molar-refractivity contribution is 5.67. The molecule has 0 aliphatic carbocycles. The lowest BCUT2D eigenvalue weighted by Gasteiger charge is -2.44. The maximum absolute atomic E-state index is 13.1. The third kappa shape index (κ3) is 6.31. The van der Waals surface area contributed by atoms with Crippen LogP contribution in [0, 0.1) is 5.92 Å². The lowest BCUT2D eigenvalue weighted by Crippen LogP contribution is -2.40. The van der Waals surface area contributed by atoms with Gasteiger partial charge in [0, 0.05) is 18.5 Å². The number of carboxylic acids is 1. The second-order valence-electron chi connectivity index (χ2n) is 8.79. The lowest BCUT2D eigenvalue weighted by molar-refractivity contribution is -0.139. The number of carbonyl (C=O) groups is 1. The minimum absolute atomic E-state index is 0.0380. The number of alkyl halides is 6. The summed E-state index contributed by atoms with van der Waals surface area (Å²) in [6.45, 7) is 2.46. The van der Waals surface area contributed by atoms with Gasteiger partial charge in [0.2, 0.25) is 0 Å². The van der Waals surface area contributed by atoms with Crippen LogP contribution in [0.5, 0.6) is 0 Å². The fourth-order valence-electron chi connectivity index (χ4n) is 4.78. The van der Waals surface area contributed by atoms with Crippen LogP contribution in [0.2, 0.25) is 0 Å². The molecule has 3 nitrogen and oxygen atoms in total. The summed E-state index contributed by atoms with van der Waals surface area (Å²) in [5, 5.41) is 9.25. The predicted molar refractivity (Wildman–Crippen MR) is 115 cm³/mol. The summed E-state index contributed by atoms with van der Waals surface area (Å²) in [5.74, 6) is -1.08. The Balaban J connectivity index is 1.96. The first-order chi connectivity index (χ1) is 15.9. The number of benzene rings is 2. The Morgan fingerprint density at radius 1 is 0.971 bits per heavy atom. The van der Waals surface area contributed by atoms with Crippen molar-refractivity contribution in [3.05, 3.63) is 70.8 Å². The molecule has 3 atom stereocenters. The van der Waals surface area contributed by atoms with Crippen LogP contribution in [0.1, 0.15) is 73.4 Å². The van der Waals surface area contributed by atoms with Crippen LogP contribution < -0.4 is 0 Å². The Hall–Kier alpha value is -2.55. The molecule has 2 aromatic carbocycles. The molecule has 34 heavy (non-hydrogen) atoms. The van der Waals surface area contributed by atoms with Gasteiger partial charge in [0.1, 0.15) is 0 Å². The summed E-state index contributed by atoms with van der Waals surface area (Å²) in [6, 6.07) is 9.27. The minimum Gasteiger partial charge on any atom is -0.481 e. The van der Waals surface area contributed by atoms with Gasteiger partial charge in [-0.2, -0.15) is 26.3 Å². The quantitative estimate of drug-likeness (QED) is 0.411. The third-order valence-electron chi connectivity index (χ3n) is 6.42. The molecule has 9 heteroatoms. The maximum atomic E-state index is 13.1. The normalized spacial score (nSPS) is 20.8. The molecule has 0 bridgehead atoms. The highest BCUT2D eigenvalue weighted by atomic mass is 19.4. The largest absolute Gasteiger partial charge is 0.481 e. The van der Waals surface area contributed by atoms with E-state index >= 15 is 0 Å². The van der Waals surface area contributed by atoms with Crippen LogP contribution in [0.3, 0.4) is 0 Å². The van der Waals surface area contributed by atoms with Crippen molar-refractivity contribution in [1.29, 1.82) is 0 Å². The molecular formula is C25H27F6NO2. The summed E-state index contributed by atoms with van der Waals surface area (Å²) in [7, 11) is 0. The van der Waals surface area contributed by atoms with Crippen LogP contribution in [-0.4, -0.2) is 22.5 Å². The van der Waals surface area contributed by atoms with Crippen LogP contribution in [0.4, 0.5) is 26.3 Å². The van der Waals surface area contributed by atoms with Crippen molar-refractivity contribution in [2.24, 2.45) is 5.92 Å². The van der Waals surface area contributed by atoms with Gasteiger partial charge >= 0.3 is 18.3 Å². The number of hydrogen-bond donors (Lipinski definition) is 1. The molecule has 1 saturated heterocycles. The van der Waals surface area contributed by atoms with Crippen LogP contribution in [0.25, 0.3) is 0 Å². The van der Waals surface area contributed by atoms with Gasteiger partial charge in [0.15, 0.2) is 0 Å². The van der Waals surface area contributed by atoms with E-state index in [-0.39, 0.29) is 24.4 Å². The molecule has 1 heterocycles. The van der Waals surface area contributed by atoms with Crippen LogP contribution in [0.15, 0.2) is 48.5 Å². The SMILES string of the molecule is CCC[C@@H](c1ccc(C(F)(F)F)cc1)N1CC[C@H](CC(=O)O)C[C@@H]1c1ccc(C(F)(F)F)cc1. The molecule has 0 saturated carbocycles. The number of carboxylic acid groups (broad SMARTS) is 1. The van der Waals surface area contributed by atoms with Gasteiger partial charge in [-0.25, -0.2) is 0 Å². The van der Waals surface area contributed by atoms with E-state index in [2.05, 4.69) is 4.90 Å². The van der Waals surface area contributed by atoms with Gasteiger partial charge in [0.05, 0.1) is 11.1 Å². The van der Waals surface area contributed by atoms with E-state index in [4.69, 9.17) is 0 Å². The Labute approximate surface area is 194 Å². The number of halogens is 6. The molecule has 1 aliphatic rings. The van der Waals surface area contributed by atoms with E-state index in [9.17, 15) is 36.2 Å². The zero-order chi connectivity index (χ0) is 25.1. The summed E-state index contributed by atoms with van der Waals surface area (Å²) < 4.78 is 78.3. The number of piperidine rings is 1. The summed E-state index contributed by atoms with van der Waals surface area (Å²) in [5.41, 5.74) is -0.181. The predicted octanol–water partition coefficient (Wildman–Crippen LogP) is 7.49. The Morgan fingerprint density at radius 3 is 1.97 bits per heavy atom. The molecule has 0 radical (unpaired) electrons. The third-order valence-corrected chi connectivity index (χ3v) is 6.42. The molecule has 0 unspecified atom stereocenters. The molecule has 0 aromatic heterocycles. The van der Waals surface area contributed by atoms with Gasteiger partial charge < -0.3 is 5.11 Å². The van der Waals surface area contributed by atoms with E-state index in [1.165, 1.54) is 24.3 Å². The van der Waals surface area contributed by atoms with Crippen molar-refractivity contribution in [3.63, 3.8) is 0 Å². The van der Waals surface area contributed by atoms with Gasteiger partial charge in [-0.15, -0.1) is 0 Å². The number of nitrogens with zero attached hydrogens (tertiary/aromatic N) is 1. The molecule has 1 fully saturated rings. The highest BCUT2D eigenvalue weighted by Gasteiger charge is 2.37. The maximum Gasteiger partial charge on any atom is 0.416 e. The molecule has 186 valence electrons. The van der Waals surface area contributed by atoms with Crippen molar-refractivity contribution in [2.75, 3.05) is 6.54 Å². The molecular weight excluding hydrogens is 460 g/mol. The van der Waals surface area contributed by atoms with Crippen LogP contribution in [-0.2, 0) is 17.1 Å². The van der Waals surface area contributed by atoms with Gasteiger partial charge in [-0.05, 0) is 67.1 Å². The van der Waals surface area contributed by atoms with Crippen LogP contribution >= 0.6 is 0 Å². The van der Waals surface area contributed by atoms with Gasteiger partial charge in [-0.3, -0.25) is 9.69 Å². The smallest absolute Gasteiger partial charge is 0.416 e. The van der Waals surface area contributed by atoms with Crippen molar-refractivity contribution >= 4 is 5.97 Å². The topological polar surface area (TPSA) is 40.5 Å². The highest BCUT2D eigenvalue weighted by Crippen LogP contribution is 2.43. The Kier molecular flexibility index (Phi) is 7.95. The molecule has 0 spiro atoms. The monoisotopic (exact) mass is 487 g/mol. The zero-order valence-electron chi connectivity index (χ0n) is 18.7. The lowest BCUT2D eigenvalue weighted by atomic mass is 9.82. The number of rotatable bonds is 7. The average molecular weight is 487 g/mol.